The van der Waals surface area contributed by atoms with Crippen LogP contribution in [0.4, 0.5) is 10.6 Å². The van der Waals surface area contributed by atoms with E-state index >= 15 is 0 Å². The molecule has 1 aromatic heterocycles. The van der Waals surface area contributed by atoms with Crippen molar-refractivity contribution in [2.24, 2.45) is 17.8 Å². The van der Waals surface area contributed by atoms with Gasteiger partial charge in [0.25, 0.3) is 0 Å². The van der Waals surface area contributed by atoms with E-state index in [9.17, 15) is 4.79 Å². The van der Waals surface area contributed by atoms with Crippen LogP contribution in [0.3, 0.4) is 0 Å². The molecule has 0 spiro atoms. The van der Waals surface area contributed by atoms with E-state index < -0.39 is 0 Å². The minimum atomic E-state index is -0.0879. The lowest BCUT2D eigenvalue weighted by Gasteiger charge is -2.56. The minimum Gasteiger partial charge on any atom is -0.332 e. The van der Waals surface area contributed by atoms with Crippen LogP contribution < -0.4 is 10.6 Å². The van der Waals surface area contributed by atoms with Crippen molar-refractivity contribution < 1.29 is 4.79 Å². The van der Waals surface area contributed by atoms with E-state index in [1.165, 1.54) is 38.5 Å². The molecule has 0 radical (unpaired) electrons. The highest BCUT2D eigenvalue weighted by atomic mass is 16.2. The van der Waals surface area contributed by atoms with E-state index in [4.69, 9.17) is 0 Å². The third-order valence-corrected chi connectivity index (χ3v) is 5.55. The van der Waals surface area contributed by atoms with E-state index in [0.29, 0.717) is 5.82 Å². The molecule has 0 aromatic carbocycles. The van der Waals surface area contributed by atoms with Crippen molar-refractivity contribution in [3.63, 3.8) is 0 Å². The van der Waals surface area contributed by atoms with Crippen molar-refractivity contribution in [2.45, 2.75) is 51.0 Å². The average Bonchev–Trinajstić information content (AvgIpc) is 2.35. The Hall–Kier alpha value is -1.58. The monoisotopic (exact) mass is 285 g/mol. The van der Waals surface area contributed by atoms with Gasteiger partial charge in [-0.3, -0.25) is 5.32 Å². The van der Waals surface area contributed by atoms with Crippen LogP contribution in [0.25, 0.3) is 0 Å². The summed E-state index contributed by atoms with van der Waals surface area (Å²) < 4.78 is 0. The Morgan fingerprint density at radius 1 is 1.14 bits per heavy atom. The second kappa shape index (κ2) is 4.72. The lowest BCUT2D eigenvalue weighted by Crippen LogP contribution is -2.60. The van der Waals surface area contributed by atoms with E-state index in [0.717, 1.165) is 23.4 Å². The first-order valence-electron chi connectivity index (χ1n) is 8.13. The topological polar surface area (TPSA) is 54.0 Å². The van der Waals surface area contributed by atoms with Crippen LogP contribution in [-0.2, 0) is 0 Å². The summed E-state index contributed by atoms with van der Waals surface area (Å²) in [6.45, 7) is 1.93. The Bertz CT molecular complexity index is 534. The summed E-state index contributed by atoms with van der Waals surface area (Å²) in [5.41, 5.74) is 0.977. The van der Waals surface area contributed by atoms with Crippen LogP contribution >= 0.6 is 0 Å². The Morgan fingerprint density at radius 2 is 1.76 bits per heavy atom. The lowest BCUT2D eigenvalue weighted by atomic mass is 9.53. The Labute approximate surface area is 125 Å². The Balaban J connectivity index is 1.45. The number of nitrogens with one attached hydrogen (secondary N) is 2. The number of urea groups is 1. The van der Waals surface area contributed by atoms with Crippen molar-refractivity contribution in [2.75, 3.05) is 5.32 Å². The van der Waals surface area contributed by atoms with Crippen molar-refractivity contribution in [1.29, 1.82) is 0 Å². The summed E-state index contributed by atoms with van der Waals surface area (Å²) in [6.07, 6.45) is 7.70. The number of nitrogens with zero attached hydrogens (tertiary/aromatic N) is 1. The largest absolute Gasteiger partial charge is 0.332 e. The van der Waals surface area contributed by atoms with Gasteiger partial charge < -0.3 is 5.32 Å². The van der Waals surface area contributed by atoms with Gasteiger partial charge in [-0.2, -0.15) is 0 Å². The molecule has 2 N–H and O–H groups in total. The quantitative estimate of drug-likeness (QED) is 0.874. The predicted molar refractivity (Wildman–Crippen MR) is 82.0 cm³/mol. The molecule has 1 aromatic rings. The molecule has 0 aliphatic heterocycles. The highest BCUT2D eigenvalue weighted by Crippen LogP contribution is 2.55. The molecule has 0 unspecified atom stereocenters. The highest BCUT2D eigenvalue weighted by molar-refractivity contribution is 5.88. The number of amides is 2. The molecule has 4 heteroatoms. The number of carbonyl (C=O) groups is 1. The third-order valence-electron chi connectivity index (χ3n) is 5.55. The second-order valence-electron chi connectivity index (χ2n) is 7.44. The van der Waals surface area contributed by atoms with Crippen LogP contribution in [0, 0.1) is 24.7 Å². The number of hydrogen-bond acceptors (Lipinski definition) is 2. The molecular weight excluding hydrogens is 262 g/mol. The smallest absolute Gasteiger partial charge is 0.320 e. The maximum Gasteiger partial charge on any atom is 0.320 e. The molecule has 0 atom stereocenters. The van der Waals surface area contributed by atoms with Gasteiger partial charge in [-0.1, -0.05) is 6.07 Å². The Morgan fingerprint density at radius 3 is 2.33 bits per heavy atom. The first-order chi connectivity index (χ1) is 10.1. The standard InChI is InChI=1S/C17H23N3O/c1-11-3-2-4-15(18-11)19-16(21)20-17-8-12-5-13(9-17)7-14(6-12)10-17/h2-4,12-14H,5-10H2,1H3,(H2,18,19,20,21). The molecule has 21 heavy (non-hydrogen) atoms. The summed E-state index contributed by atoms with van der Waals surface area (Å²) in [5, 5.41) is 6.20. The van der Waals surface area contributed by atoms with Gasteiger partial charge in [0, 0.05) is 11.2 Å². The molecule has 1 heterocycles. The van der Waals surface area contributed by atoms with Crippen molar-refractivity contribution >= 4 is 11.8 Å². The number of rotatable bonds is 2. The van der Waals surface area contributed by atoms with Crippen LogP contribution in [0.15, 0.2) is 18.2 Å². The summed E-state index contributed by atoms with van der Waals surface area (Å²) >= 11 is 0. The van der Waals surface area contributed by atoms with Crippen molar-refractivity contribution in [3.05, 3.63) is 23.9 Å². The number of aromatic nitrogens is 1. The molecule has 112 valence electrons. The SMILES string of the molecule is Cc1cccc(NC(=O)NC23CC4CC(CC(C4)C2)C3)n1. The average molecular weight is 285 g/mol. The summed E-state index contributed by atoms with van der Waals surface area (Å²) in [5.74, 6) is 3.16. The van der Waals surface area contributed by atoms with E-state index in [1.54, 1.807) is 0 Å². The fourth-order valence-corrected chi connectivity index (χ4v) is 5.26. The molecular formula is C17H23N3O. The van der Waals surface area contributed by atoms with E-state index in [-0.39, 0.29) is 11.6 Å². The van der Waals surface area contributed by atoms with Crippen LogP contribution in [0.2, 0.25) is 0 Å². The lowest BCUT2D eigenvalue weighted by molar-refractivity contribution is -0.0127. The van der Waals surface area contributed by atoms with Gasteiger partial charge in [0.15, 0.2) is 0 Å². The number of aryl methyl sites for hydroxylation is 1. The molecule has 5 rings (SSSR count). The molecule has 4 saturated carbocycles. The van der Waals surface area contributed by atoms with Crippen molar-refractivity contribution in [3.8, 4) is 0 Å². The maximum atomic E-state index is 12.3. The van der Waals surface area contributed by atoms with Gasteiger partial charge in [-0.05, 0) is 75.3 Å². The second-order valence-corrected chi connectivity index (χ2v) is 7.44. The molecule has 2 amide bonds. The van der Waals surface area contributed by atoms with Gasteiger partial charge in [0.1, 0.15) is 5.82 Å². The summed E-state index contributed by atoms with van der Waals surface area (Å²) in [4.78, 5) is 16.7. The van der Waals surface area contributed by atoms with Gasteiger partial charge in [-0.15, -0.1) is 0 Å². The molecule has 4 bridgehead atoms. The van der Waals surface area contributed by atoms with Crippen LogP contribution in [-0.4, -0.2) is 16.6 Å². The van der Waals surface area contributed by atoms with Crippen LogP contribution in [0.5, 0.6) is 0 Å². The van der Waals surface area contributed by atoms with Crippen molar-refractivity contribution in [1.82, 2.24) is 10.3 Å². The fourth-order valence-electron chi connectivity index (χ4n) is 5.26. The van der Waals surface area contributed by atoms with Gasteiger partial charge in [0.2, 0.25) is 0 Å². The van der Waals surface area contributed by atoms with E-state index in [1.807, 2.05) is 25.1 Å². The number of anilines is 1. The predicted octanol–water partition coefficient (Wildman–Crippen LogP) is 3.48. The third kappa shape index (κ3) is 2.52. The summed E-state index contributed by atoms with van der Waals surface area (Å²) in [7, 11) is 0. The zero-order valence-corrected chi connectivity index (χ0v) is 12.6. The fraction of sp³-hybridized carbons (Fsp3) is 0.647. The molecule has 4 fully saturated rings. The summed E-state index contributed by atoms with van der Waals surface area (Å²) in [6, 6.07) is 5.60. The Kier molecular flexibility index (Phi) is 2.95. The highest BCUT2D eigenvalue weighted by Gasteiger charge is 2.51. The first-order valence-corrected chi connectivity index (χ1v) is 8.13. The zero-order chi connectivity index (χ0) is 14.4. The first kappa shape index (κ1) is 13.1. The van der Waals surface area contributed by atoms with Gasteiger partial charge in [0.05, 0.1) is 0 Å². The van der Waals surface area contributed by atoms with Gasteiger partial charge >= 0.3 is 6.03 Å². The number of hydrogen-bond donors (Lipinski definition) is 2. The molecule has 4 aliphatic rings. The maximum absolute atomic E-state index is 12.3. The van der Waals surface area contributed by atoms with E-state index in [2.05, 4.69) is 15.6 Å². The normalized spacial score (nSPS) is 36.5. The minimum absolute atomic E-state index is 0.0582. The molecule has 0 saturated heterocycles. The van der Waals surface area contributed by atoms with Crippen LogP contribution in [0.1, 0.15) is 44.2 Å². The van der Waals surface area contributed by atoms with Gasteiger partial charge in [-0.25, -0.2) is 9.78 Å². The molecule has 4 nitrogen and oxygen atoms in total. The number of pyridine rings is 1. The zero-order valence-electron chi connectivity index (χ0n) is 12.6. The molecule has 4 aliphatic carbocycles. The number of carbonyl (C=O) groups excluding carboxylic acids is 1.